The third-order valence-electron chi connectivity index (χ3n) is 4.69. The molecule has 28 heavy (non-hydrogen) atoms. The summed E-state index contributed by atoms with van der Waals surface area (Å²) < 4.78 is 0. The summed E-state index contributed by atoms with van der Waals surface area (Å²) in [7, 11) is 0. The van der Waals surface area contributed by atoms with E-state index >= 15 is 0 Å². The fourth-order valence-electron chi connectivity index (χ4n) is 3.39. The van der Waals surface area contributed by atoms with Crippen molar-refractivity contribution in [1.29, 1.82) is 0 Å². The van der Waals surface area contributed by atoms with Gasteiger partial charge in [0.1, 0.15) is 0 Å². The highest BCUT2D eigenvalue weighted by Gasteiger charge is 2.28. The predicted molar refractivity (Wildman–Crippen MR) is 110 cm³/mol. The monoisotopic (exact) mass is 387 g/mol. The smallest absolute Gasteiger partial charge is 0.0921 e. The van der Waals surface area contributed by atoms with E-state index in [1.807, 2.05) is 60.7 Å². The quantitative estimate of drug-likeness (QED) is 0.520. The summed E-state index contributed by atoms with van der Waals surface area (Å²) in [5, 5.41) is 12.1. The second-order valence-corrected chi connectivity index (χ2v) is 6.82. The average molecular weight is 388 g/mol. The molecule has 3 aromatic heterocycles. The van der Waals surface area contributed by atoms with Crippen LogP contribution < -0.4 is 0 Å². The van der Waals surface area contributed by atoms with Crippen molar-refractivity contribution >= 4 is 11.6 Å². The Morgan fingerprint density at radius 1 is 0.750 bits per heavy atom. The van der Waals surface area contributed by atoms with Gasteiger partial charge in [-0.15, -0.1) is 0 Å². The molecule has 1 unspecified atom stereocenters. The Labute approximate surface area is 168 Å². The van der Waals surface area contributed by atoms with Crippen molar-refractivity contribution in [2.75, 3.05) is 0 Å². The van der Waals surface area contributed by atoms with Gasteiger partial charge in [-0.1, -0.05) is 48.0 Å². The molecule has 0 fully saturated rings. The molecule has 1 aromatic carbocycles. The molecule has 138 valence electrons. The summed E-state index contributed by atoms with van der Waals surface area (Å²) in [5.74, 6) is -0.340. The van der Waals surface area contributed by atoms with Gasteiger partial charge in [0.05, 0.1) is 11.8 Å². The van der Waals surface area contributed by atoms with Crippen molar-refractivity contribution in [2.45, 2.75) is 12.0 Å². The molecule has 0 amide bonds. The van der Waals surface area contributed by atoms with Crippen molar-refractivity contribution in [1.82, 2.24) is 15.0 Å². The van der Waals surface area contributed by atoms with Crippen LogP contribution >= 0.6 is 11.6 Å². The zero-order chi connectivity index (χ0) is 19.3. The summed E-state index contributed by atoms with van der Waals surface area (Å²) in [6, 6.07) is 18.9. The second-order valence-electron chi connectivity index (χ2n) is 6.42. The minimum atomic E-state index is -0.853. The maximum atomic E-state index is 11.5. The van der Waals surface area contributed by atoms with Crippen molar-refractivity contribution in [3.63, 3.8) is 0 Å². The van der Waals surface area contributed by atoms with Gasteiger partial charge < -0.3 is 5.11 Å². The topological polar surface area (TPSA) is 58.9 Å². The Morgan fingerprint density at radius 3 is 2.00 bits per heavy atom. The molecule has 0 saturated heterocycles. The Morgan fingerprint density at radius 2 is 1.39 bits per heavy atom. The number of pyridine rings is 3. The molecule has 0 spiro atoms. The van der Waals surface area contributed by atoms with Crippen LogP contribution in [-0.4, -0.2) is 20.1 Å². The zero-order valence-electron chi connectivity index (χ0n) is 15.0. The number of aromatic nitrogens is 3. The number of hydrogen-bond acceptors (Lipinski definition) is 4. The molecule has 1 N–H and O–H groups in total. The standard InChI is InChI=1S/C23H18ClN3O/c24-20-10-2-1-8-18(20)22-19(9-5-13-27-22)23(28)21(16-6-3-11-25-14-16)17-7-4-12-26-15-17/h1-15,21,23,28H. The molecular weight excluding hydrogens is 370 g/mol. The van der Waals surface area contributed by atoms with Crippen LogP contribution in [0.25, 0.3) is 11.3 Å². The SMILES string of the molecule is OC(c1cccnc1-c1ccccc1Cl)C(c1cccnc1)c1cccnc1. The van der Waals surface area contributed by atoms with Gasteiger partial charge in [-0.3, -0.25) is 15.0 Å². The van der Waals surface area contributed by atoms with Crippen LogP contribution in [0.15, 0.2) is 91.6 Å². The Hall–Kier alpha value is -3.08. The number of nitrogens with zero attached hydrogens (tertiary/aromatic N) is 3. The van der Waals surface area contributed by atoms with Crippen LogP contribution in [0.5, 0.6) is 0 Å². The Kier molecular flexibility index (Phi) is 5.42. The number of aliphatic hydroxyl groups excluding tert-OH is 1. The first kappa shape index (κ1) is 18.3. The number of benzene rings is 1. The molecule has 0 aliphatic rings. The lowest BCUT2D eigenvalue weighted by atomic mass is 9.84. The highest BCUT2D eigenvalue weighted by Crippen LogP contribution is 2.40. The largest absolute Gasteiger partial charge is 0.387 e. The Bertz CT molecular complexity index is 1020. The maximum Gasteiger partial charge on any atom is 0.0921 e. The fourth-order valence-corrected chi connectivity index (χ4v) is 3.62. The van der Waals surface area contributed by atoms with E-state index in [0.29, 0.717) is 16.3 Å². The third-order valence-corrected chi connectivity index (χ3v) is 5.02. The van der Waals surface area contributed by atoms with Crippen LogP contribution in [0.2, 0.25) is 5.02 Å². The zero-order valence-corrected chi connectivity index (χ0v) is 15.7. The third kappa shape index (κ3) is 3.65. The lowest BCUT2D eigenvalue weighted by Crippen LogP contribution is -2.14. The molecule has 0 radical (unpaired) electrons. The second kappa shape index (κ2) is 8.30. The van der Waals surface area contributed by atoms with Crippen molar-refractivity contribution in [3.05, 3.63) is 113 Å². The summed E-state index contributed by atoms with van der Waals surface area (Å²) in [4.78, 5) is 13.0. The van der Waals surface area contributed by atoms with E-state index in [1.54, 1.807) is 31.0 Å². The first-order valence-corrected chi connectivity index (χ1v) is 9.31. The lowest BCUT2D eigenvalue weighted by Gasteiger charge is -2.25. The van der Waals surface area contributed by atoms with Gasteiger partial charge in [0.25, 0.3) is 0 Å². The van der Waals surface area contributed by atoms with Crippen LogP contribution in [0.3, 0.4) is 0 Å². The van der Waals surface area contributed by atoms with Crippen molar-refractivity contribution in [3.8, 4) is 11.3 Å². The molecule has 0 saturated carbocycles. The summed E-state index contributed by atoms with van der Waals surface area (Å²) >= 11 is 6.41. The normalized spacial score (nSPS) is 12.1. The first-order chi connectivity index (χ1) is 13.8. The van der Waals surface area contributed by atoms with Gasteiger partial charge in [0.2, 0.25) is 0 Å². The van der Waals surface area contributed by atoms with Crippen molar-refractivity contribution < 1.29 is 5.11 Å². The van der Waals surface area contributed by atoms with Gasteiger partial charge in [0.15, 0.2) is 0 Å². The molecule has 4 nitrogen and oxygen atoms in total. The average Bonchev–Trinajstić information content (AvgIpc) is 2.76. The summed E-state index contributed by atoms with van der Waals surface area (Å²) in [6.45, 7) is 0. The first-order valence-electron chi connectivity index (χ1n) is 8.93. The highest BCUT2D eigenvalue weighted by atomic mass is 35.5. The summed E-state index contributed by atoms with van der Waals surface area (Å²) in [6.07, 6.45) is 7.83. The maximum absolute atomic E-state index is 11.5. The van der Waals surface area contributed by atoms with Crippen LogP contribution in [0.1, 0.15) is 28.7 Å². The molecular formula is C23H18ClN3O. The van der Waals surface area contributed by atoms with E-state index in [4.69, 9.17) is 11.6 Å². The number of rotatable bonds is 5. The molecule has 0 aliphatic heterocycles. The number of aliphatic hydroxyl groups is 1. The predicted octanol–water partition coefficient (Wildman–Crippen LogP) is 5.06. The highest BCUT2D eigenvalue weighted by molar-refractivity contribution is 6.33. The number of halogens is 1. The van der Waals surface area contributed by atoms with E-state index in [2.05, 4.69) is 15.0 Å². The van der Waals surface area contributed by atoms with Gasteiger partial charge in [-0.05, 0) is 35.4 Å². The molecule has 3 heterocycles. The van der Waals surface area contributed by atoms with Crippen LogP contribution in [0.4, 0.5) is 0 Å². The van der Waals surface area contributed by atoms with E-state index in [-0.39, 0.29) is 5.92 Å². The van der Waals surface area contributed by atoms with E-state index in [9.17, 15) is 5.11 Å². The van der Waals surface area contributed by atoms with Gasteiger partial charge in [0, 0.05) is 53.1 Å². The summed E-state index contributed by atoms with van der Waals surface area (Å²) in [5.41, 5.74) is 3.95. The number of hydrogen-bond donors (Lipinski definition) is 1. The van der Waals surface area contributed by atoms with Crippen LogP contribution in [0, 0.1) is 0 Å². The van der Waals surface area contributed by atoms with E-state index in [1.165, 1.54) is 0 Å². The van der Waals surface area contributed by atoms with Gasteiger partial charge in [-0.2, -0.15) is 0 Å². The van der Waals surface area contributed by atoms with Crippen LogP contribution in [-0.2, 0) is 0 Å². The minimum Gasteiger partial charge on any atom is -0.387 e. The van der Waals surface area contributed by atoms with Gasteiger partial charge in [-0.25, -0.2) is 0 Å². The lowest BCUT2D eigenvalue weighted by molar-refractivity contribution is 0.159. The molecule has 0 bridgehead atoms. The van der Waals surface area contributed by atoms with Crippen molar-refractivity contribution in [2.24, 2.45) is 0 Å². The fraction of sp³-hybridized carbons (Fsp3) is 0.0870. The molecule has 1 atom stereocenters. The van der Waals surface area contributed by atoms with E-state index in [0.717, 1.165) is 16.7 Å². The van der Waals surface area contributed by atoms with E-state index < -0.39 is 6.10 Å². The molecule has 0 aliphatic carbocycles. The molecule has 5 heteroatoms. The van der Waals surface area contributed by atoms with Gasteiger partial charge >= 0.3 is 0 Å². The Balaban J connectivity index is 1.85. The minimum absolute atomic E-state index is 0.340. The molecule has 4 rings (SSSR count). The molecule has 4 aromatic rings.